The molecule has 21 heavy (non-hydrogen) atoms. The number of hydrogen-bond acceptors (Lipinski definition) is 4. The van der Waals surface area contributed by atoms with Gasteiger partial charge in [-0.3, -0.25) is 4.98 Å². The van der Waals surface area contributed by atoms with Crippen LogP contribution in [0, 0.1) is 0 Å². The van der Waals surface area contributed by atoms with Crippen LogP contribution in [0.2, 0.25) is 0 Å². The monoisotopic (exact) mass is 284 g/mol. The predicted octanol–water partition coefficient (Wildman–Crippen LogP) is 3.40. The van der Waals surface area contributed by atoms with Gasteiger partial charge in [0, 0.05) is 6.20 Å². The average molecular weight is 284 g/mol. The van der Waals surface area contributed by atoms with Crippen molar-refractivity contribution >= 4 is 11.6 Å². The van der Waals surface area contributed by atoms with Crippen LogP contribution in [-0.2, 0) is 4.74 Å². The first-order valence-corrected chi connectivity index (χ1v) is 7.27. The standard InChI is InChI=1S/C16H20N4O/c1-4-21-12(3)13-10-18-20-11(2)9-15(19-16(13)20)14-7-5-6-8-17-14/h5-8,10-11,15,19H,3-4,9H2,1-2H3. The molecule has 0 spiro atoms. The van der Waals surface area contributed by atoms with Crippen LogP contribution < -0.4 is 5.32 Å². The number of anilines is 1. The quantitative estimate of drug-likeness (QED) is 0.874. The third kappa shape index (κ3) is 2.51. The summed E-state index contributed by atoms with van der Waals surface area (Å²) in [6.45, 7) is 8.71. The van der Waals surface area contributed by atoms with Gasteiger partial charge in [-0.25, -0.2) is 4.68 Å². The summed E-state index contributed by atoms with van der Waals surface area (Å²) in [5, 5.41) is 7.99. The van der Waals surface area contributed by atoms with Gasteiger partial charge >= 0.3 is 0 Å². The maximum atomic E-state index is 5.53. The normalized spacial score (nSPS) is 20.5. The van der Waals surface area contributed by atoms with Crippen molar-refractivity contribution in [1.29, 1.82) is 0 Å². The van der Waals surface area contributed by atoms with Crippen molar-refractivity contribution < 1.29 is 4.74 Å². The van der Waals surface area contributed by atoms with Gasteiger partial charge in [-0.15, -0.1) is 0 Å². The molecule has 2 aromatic heterocycles. The topological polar surface area (TPSA) is 52.0 Å². The Labute approximate surface area is 124 Å². The van der Waals surface area contributed by atoms with E-state index in [2.05, 4.69) is 28.9 Å². The summed E-state index contributed by atoms with van der Waals surface area (Å²) in [5.41, 5.74) is 1.97. The molecule has 0 aliphatic carbocycles. The summed E-state index contributed by atoms with van der Waals surface area (Å²) in [7, 11) is 0. The van der Waals surface area contributed by atoms with Gasteiger partial charge in [0.05, 0.1) is 36.1 Å². The fourth-order valence-corrected chi connectivity index (χ4v) is 2.74. The minimum Gasteiger partial charge on any atom is -0.494 e. The van der Waals surface area contributed by atoms with Crippen molar-refractivity contribution in [1.82, 2.24) is 14.8 Å². The Bertz CT molecular complexity index is 635. The molecule has 0 amide bonds. The van der Waals surface area contributed by atoms with Crippen LogP contribution in [0.5, 0.6) is 0 Å². The van der Waals surface area contributed by atoms with E-state index in [0.29, 0.717) is 18.4 Å². The van der Waals surface area contributed by atoms with E-state index < -0.39 is 0 Å². The van der Waals surface area contributed by atoms with E-state index in [4.69, 9.17) is 4.74 Å². The molecule has 0 radical (unpaired) electrons. The number of rotatable bonds is 4. The number of fused-ring (bicyclic) bond motifs is 1. The zero-order chi connectivity index (χ0) is 14.8. The fourth-order valence-electron chi connectivity index (χ4n) is 2.74. The number of hydrogen-bond donors (Lipinski definition) is 1. The molecular formula is C16H20N4O. The van der Waals surface area contributed by atoms with E-state index in [1.165, 1.54) is 0 Å². The van der Waals surface area contributed by atoms with Crippen LogP contribution in [0.25, 0.3) is 5.76 Å². The summed E-state index contributed by atoms with van der Waals surface area (Å²) < 4.78 is 7.52. The van der Waals surface area contributed by atoms with Gasteiger partial charge < -0.3 is 10.1 Å². The zero-order valence-corrected chi connectivity index (χ0v) is 12.4. The molecule has 1 aliphatic heterocycles. The van der Waals surface area contributed by atoms with Crippen molar-refractivity contribution in [3.63, 3.8) is 0 Å². The number of nitrogens with zero attached hydrogens (tertiary/aromatic N) is 3. The first-order valence-electron chi connectivity index (χ1n) is 7.27. The Balaban J connectivity index is 1.93. The van der Waals surface area contributed by atoms with E-state index in [9.17, 15) is 0 Å². The first-order chi connectivity index (χ1) is 10.2. The zero-order valence-electron chi connectivity index (χ0n) is 12.4. The molecule has 3 rings (SSSR count). The molecule has 2 unspecified atom stereocenters. The predicted molar refractivity (Wildman–Crippen MR) is 82.8 cm³/mol. The van der Waals surface area contributed by atoms with E-state index >= 15 is 0 Å². The highest BCUT2D eigenvalue weighted by Gasteiger charge is 2.28. The van der Waals surface area contributed by atoms with Crippen LogP contribution >= 0.6 is 0 Å². The molecule has 1 aliphatic rings. The van der Waals surface area contributed by atoms with Crippen LogP contribution in [-0.4, -0.2) is 21.4 Å². The van der Waals surface area contributed by atoms with E-state index in [-0.39, 0.29) is 6.04 Å². The third-order valence-electron chi connectivity index (χ3n) is 3.76. The van der Waals surface area contributed by atoms with Crippen molar-refractivity contribution in [2.75, 3.05) is 11.9 Å². The minimum atomic E-state index is 0.179. The Morgan fingerprint density at radius 1 is 1.52 bits per heavy atom. The molecule has 0 aromatic carbocycles. The Kier molecular flexibility index (Phi) is 3.64. The van der Waals surface area contributed by atoms with Gasteiger partial charge in [0.25, 0.3) is 0 Å². The van der Waals surface area contributed by atoms with Gasteiger partial charge in [0.15, 0.2) is 0 Å². The molecule has 2 aromatic rings. The molecule has 1 N–H and O–H groups in total. The van der Waals surface area contributed by atoms with Crippen LogP contribution in [0.1, 0.15) is 43.6 Å². The summed E-state index contributed by atoms with van der Waals surface area (Å²) in [6.07, 6.45) is 4.59. The SMILES string of the molecule is C=C(OCC)c1cnn2c1NC(c1ccccn1)CC2C. The average Bonchev–Trinajstić information content (AvgIpc) is 2.93. The van der Waals surface area contributed by atoms with Crippen molar-refractivity contribution in [2.24, 2.45) is 0 Å². The molecule has 0 saturated carbocycles. The summed E-state index contributed by atoms with van der Waals surface area (Å²) in [5.74, 6) is 1.61. The summed E-state index contributed by atoms with van der Waals surface area (Å²) >= 11 is 0. The van der Waals surface area contributed by atoms with Gasteiger partial charge in [-0.05, 0) is 32.4 Å². The van der Waals surface area contributed by atoms with E-state index in [1.54, 1.807) is 0 Å². The molecule has 5 nitrogen and oxygen atoms in total. The van der Waals surface area contributed by atoms with Crippen molar-refractivity contribution in [3.05, 3.63) is 48.4 Å². The molecular weight excluding hydrogens is 264 g/mol. The summed E-state index contributed by atoms with van der Waals surface area (Å²) in [4.78, 5) is 4.46. The lowest BCUT2D eigenvalue weighted by Gasteiger charge is -2.30. The lowest BCUT2D eigenvalue weighted by Crippen LogP contribution is -2.26. The highest BCUT2D eigenvalue weighted by molar-refractivity contribution is 5.69. The molecule has 110 valence electrons. The maximum Gasteiger partial charge on any atom is 0.136 e. The molecule has 2 atom stereocenters. The molecule has 0 bridgehead atoms. The Hall–Kier alpha value is -2.30. The third-order valence-corrected chi connectivity index (χ3v) is 3.76. The number of ether oxygens (including phenoxy) is 1. The fraction of sp³-hybridized carbons (Fsp3) is 0.375. The Morgan fingerprint density at radius 2 is 2.38 bits per heavy atom. The smallest absolute Gasteiger partial charge is 0.136 e. The van der Waals surface area contributed by atoms with Crippen LogP contribution in [0.4, 0.5) is 5.82 Å². The van der Waals surface area contributed by atoms with Gasteiger partial charge in [0.1, 0.15) is 11.6 Å². The van der Waals surface area contributed by atoms with E-state index in [0.717, 1.165) is 23.5 Å². The van der Waals surface area contributed by atoms with Gasteiger partial charge in [0.2, 0.25) is 0 Å². The first kappa shape index (κ1) is 13.7. The van der Waals surface area contributed by atoms with Crippen molar-refractivity contribution in [2.45, 2.75) is 32.4 Å². The maximum absolute atomic E-state index is 5.53. The lowest BCUT2D eigenvalue weighted by molar-refractivity contribution is 0.299. The van der Waals surface area contributed by atoms with Crippen molar-refractivity contribution in [3.8, 4) is 0 Å². The highest BCUT2D eigenvalue weighted by Crippen LogP contribution is 2.37. The second-order valence-corrected chi connectivity index (χ2v) is 5.24. The molecule has 0 saturated heterocycles. The number of aromatic nitrogens is 3. The lowest BCUT2D eigenvalue weighted by atomic mass is 10.0. The Morgan fingerprint density at radius 3 is 3.10 bits per heavy atom. The summed E-state index contributed by atoms with van der Waals surface area (Å²) in [6, 6.07) is 6.48. The second-order valence-electron chi connectivity index (χ2n) is 5.24. The van der Waals surface area contributed by atoms with Gasteiger partial charge in [-0.2, -0.15) is 5.10 Å². The minimum absolute atomic E-state index is 0.179. The van der Waals surface area contributed by atoms with Crippen LogP contribution in [0.3, 0.4) is 0 Å². The molecule has 5 heteroatoms. The number of pyridine rings is 1. The molecule has 0 fully saturated rings. The van der Waals surface area contributed by atoms with E-state index in [1.807, 2.05) is 42.2 Å². The van der Waals surface area contributed by atoms with Crippen LogP contribution in [0.15, 0.2) is 37.2 Å². The highest BCUT2D eigenvalue weighted by atomic mass is 16.5. The largest absolute Gasteiger partial charge is 0.494 e. The second kappa shape index (κ2) is 5.60. The van der Waals surface area contributed by atoms with Gasteiger partial charge in [-0.1, -0.05) is 12.6 Å². The molecule has 3 heterocycles. The number of nitrogens with one attached hydrogen (secondary N) is 1.